The van der Waals surface area contributed by atoms with Crippen molar-refractivity contribution in [2.45, 2.75) is 32.6 Å². The van der Waals surface area contributed by atoms with Crippen LogP contribution in [0.4, 0.5) is 0 Å². The van der Waals surface area contributed by atoms with Gasteiger partial charge in [-0.2, -0.15) is 0 Å². The van der Waals surface area contributed by atoms with Gasteiger partial charge in [0.2, 0.25) is 0 Å². The number of benzene rings is 2. The molecule has 0 atom stereocenters. The number of carbonyl (C=O) groups excluding carboxylic acids is 1. The maximum Gasteiger partial charge on any atom is 0.263 e. The first kappa shape index (κ1) is 18.7. The van der Waals surface area contributed by atoms with E-state index in [1.54, 1.807) is 6.07 Å². The van der Waals surface area contributed by atoms with Gasteiger partial charge >= 0.3 is 0 Å². The minimum Gasteiger partial charge on any atom is -0.508 e. The number of nitrogens with one attached hydrogen (secondary N) is 1. The van der Waals surface area contributed by atoms with Gasteiger partial charge in [0, 0.05) is 5.56 Å². The summed E-state index contributed by atoms with van der Waals surface area (Å²) in [7, 11) is 0. The highest BCUT2D eigenvalue weighted by molar-refractivity contribution is 8.26. The number of hydrogen-bond donors (Lipinski definition) is 2. The van der Waals surface area contributed by atoms with Crippen LogP contribution < -0.4 is 5.32 Å². The number of aromatic hydroxyl groups is 1. The molecule has 3 nitrogen and oxygen atoms in total. The molecule has 0 saturated carbocycles. The zero-order valence-corrected chi connectivity index (χ0v) is 16.6. The number of hydrogen-bond acceptors (Lipinski definition) is 4. The lowest BCUT2D eigenvalue weighted by molar-refractivity contribution is -0.115. The number of carbonyl (C=O) groups is 1. The molecule has 5 heteroatoms. The second-order valence-electron chi connectivity index (χ2n) is 6.91. The summed E-state index contributed by atoms with van der Waals surface area (Å²) < 4.78 is 0.482. The maximum atomic E-state index is 12.0. The molecule has 0 aliphatic carbocycles. The molecule has 1 amide bonds. The predicted molar refractivity (Wildman–Crippen MR) is 113 cm³/mol. The van der Waals surface area contributed by atoms with Gasteiger partial charge in [0.05, 0.1) is 4.91 Å². The fourth-order valence-electron chi connectivity index (χ4n) is 2.88. The smallest absolute Gasteiger partial charge is 0.263 e. The lowest BCUT2D eigenvalue weighted by Crippen LogP contribution is -2.17. The zero-order valence-electron chi connectivity index (χ0n) is 15.0. The summed E-state index contributed by atoms with van der Waals surface area (Å²) in [6.45, 7) is 6.36. The molecule has 1 saturated heterocycles. The number of phenols is 1. The quantitative estimate of drug-likeness (QED) is 0.560. The molecule has 0 bridgehead atoms. The van der Waals surface area contributed by atoms with Gasteiger partial charge in [-0.15, -0.1) is 0 Å². The van der Waals surface area contributed by atoms with E-state index in [1.165, 1.54) is 11.8 Å². The summed E-state index contributed by atoms with van der Waals surface area (Å²) >= 11 is 6.34. The third-order valence-corrected chi connectivity index (χ3v) is 5.97. The van der Waals surface area contributed by atoms with E-state index in [2.05, 4.69) is 26.1 Å². The molecule has 2 N–H and O–H groups in total. The minimum atomic E-state index is -0.159. The second kappa shape index (κ2) is 7.25. The molecular weight excluding hydrogens is 362 g/mol. The van der Waals surface area contributed by atoms with Crippen molar-refractivity contribution >= 4 is 40.3 Å². The van der Waals surface area contributed by atoms with Crippen LogP contribution in [0.3, 0.4) is 0 Å². The van der Waals surface area contributed by atoms with Crippen LogP contribution in [0.25, 0.3) is 17.2 Å². The van der Waals surface area contributed by atoms with E-state index in [9.17, 15) is 9.90 Å². The van der Waals surface area contributed by atoms with Crippen LogP contribution >= 0.6 is 24.0 Å². The predicted octanol–water partition coefficient (Wildman–Crippen LogP) is 5.24. The average molecular weight is 384 g/mol. The summed E-state index contributed by atoms with van der Waals surface area (Å²) in [5.74, 6) is 0.154. The van der Waals surface area contributed by atoms with E-state index in [4.69, 9.17) is 12.2 Å². The molecular formula is C21H21NO2S2. The van der Waals surface area contributed by atoms with Gasteiger partial charge in [0.25, 0.3) is 5.91 Å². The molecule has 26 heavy (non-hydrogen) atoms. The number of rotatable bonds is 4. The van der Waals surface area contributed by atoms with Crippen LogP contribution in [-0.4, -0.2) is 15.3 Å². The highest BCUT2D eigenvalue weighted by Gasteiger charge is 2.24. The second-order valence-corrected chi connectivity index (χ2v) is 8.63. The Labute approximate surface area is 163 Å². The number of thioether (sulfide) groups is 1. The van der Waals surface area contributed by atoms with E-state index in [0.717, 1.165) is 28.7 Å². The fraction of sp³-hybridized carbons (Fsp3) is 0.238. The molecule has 1 fully saturated rings. The third-order valence-electron chi connectivity index (χ3n) is 4.81. The lowest BCUT2D eigenvalue weighted by atomic mass is 9.80. The standard InChI is InChI=1S/C21H21NO2S2/c1-4-21(2,3)16-11-14(9-10-17(16)23)15-8-6-5-7-13(15)12-18-19(24)22-20(25)26-18/h5-12,23H,4H2,1-3H3,(H,22,24,25)/b18-12+. The highest BCUT2D eigenvalue weighted by atomic mass is 32.2. The van der Waals surface area contributed by atoms with Crippen LogP contribution in [0, 0.1) is 0 Å². The molecule has 1 aliphatic rings. The van der Waals surface area contributed by atoms with Crippen molar-refractivity contribution in [2.75, 3.05) is 0 Å². The van der Waals surface area contributed by atoms with Crippen molar-refractivity contribution in [2.24, 2.45) is 0 Å². The van der Waals surface area contributed by atoms with Crippen LogP contribution in [0.15, 0.2) is 47.4 Å². The van der Waals surface area contributed by atoms with Crippen molar-refractivity contribution in [3.63, 3.8) is 0 Å². The van der Waals surface area contributed by atoms with Gasteiger partial charge in [-0.05, 0) is 46.7 Å². The van der Waals surface area contributed by atoms with Crippen molar-refractivity contribution in [3.8, 4) is 16.9 Å². The average Bonchev–Trinajstić information content (AvgIpc) is 2.93. The molecule has 0 unspecified atom stereocenters. The first-order valence-electron chi connectivity index (χ1n) is 8.49. The van der Waals surface area contributed by atoms with E-state index in [-0.39, 0.29) is 11.3 Å². The van der Waals surface area contributed by atoms with Gasteiger partial charge < -0.3 is 10.4 Å². The normalized spacial score (nSPS) is 16.2. The van der Waals surface area contributed by atoms with Gasteiger partial charge in [-0.3, -0.25) is 4.79 Å². The first-order valence-corrected chi connectivity index (χ1v) is 9.72. The zero-order chi connectivity index (χ0) is 18.9. The Hall–Kier alpha value is -2.11. The lowest BCUT2D eigenvalue weighted by Gasteiger charge is -2.25. The fourth-order valence-corrected chi connectivity index (χ4v) is 3.92. The maximum absolute atomic E-state index is 12.0. The molecule has 2 aromatic rings. The topological polar surface area (TPSA) is 49.3 Å². The van der Waals surface area contributed by atoms with Crippen LogP contribution in [0.5, 0.6) is 5.75 Å². The van der Waals surface area contributed by atoms with Gasteiger partial charge in [0.15, 0.2) is 0 Å². The molecule has 0 aromatic heterocycles. The van der Waals surface area contributed by atoms with E-state index >= 15 is 0 Å². The molecule has 3 rings (SSSR count). The molecule has 1 aliphatic heterocycles. The molecule has 0 radical (unpaired) electrons. The van der Waals surface area contributed by atoms with Gasteiger partial charge in [-0.25, -0.2) is 0 Å². The van der Waals surface area contributed by atoms with Crippen molar-refractivity contribution < 1.29 is 9.90 Å². The Morgan fingerprint density at radius 3 is 2.62 bits per heavy atom. The first-order chi connectivity index (χ1) is 12.3. The number of thiocarbonyl (C=S) groups is 1. The van der Waals surface area contributed by atoms with Crippen LogP contribution in [-0.2, 0) is 10.2 Å². The minimum absolute atomic E-state index is 0.124. The summed E-state index contributed by atoms with van der Waals surface area (Å²) in [5.41, 5.74) is 3.77. The molecule has 2 aromatic carbocycles. The Morgan fingerprint density at radius 1 is 1.23 bits per heavy atom. The van der Waals surface area contributed by atoms with Crippen LogP contribution in [0.1, 0.15) is 38.3 Å². The Bertz CT molecular complexity index is 916. The molecule has 0 spiro atoms. The monoisotopic (exact) mass is 383 g/mol. The van der Waals surface area contributed by atoms with Gasteiger partial charge in [0.1, 0.15) is 10.1 Å². The molecule has 134 valence electrons. The Balaban J connectivity index is 2.09. The summed E-state index contributed by atoms with van der Waals surface area (Å²) in [6.07, 6.45) is 2.79. The van der Waals surface area contributed by atoms with Crippen LogP contribution in [0.2, 0.25) is 0 Å². The van der Waals surface area contributed by atoms with Crippen molar-refractivity contribution in [1.29, 1.82) is 0 Å². The third kappa shape index (κ3) is 3.69. The Kier molecular flexibility index (Phi) is 5.21. The van der Waals surface area contributed by atoms with Crippen molar-refractivity contribution in [3.05, 3.63) is 58.5 Å². The summed E-state index contributed by atoms with van der Waals surface area (Å²) in [6, 6.07) is 13.6. The molecule has 1 heterocycles. The van der Waals surface area contributed by atoms with E-state index in [1.807, 2.05) is 42.5 Å². The van der Waals surface area contributed by atoms with Crippen molar-refractivity contribution in [1.82, 2.24) is 5.32 Å². The number of amides is 1. The van der Waals surface area contributed by atoms with E-state index in [0.29, 0.717) is 15.0 Å². The summed E-state index contributed by atoms with van der Waals surface area (Å²) in [4.78, 5) is 12.6. The largest absolute Gasteiger partial charge is 0.508 e. The summed E-state index contributed by atoms with van der Waals surface area (Å²) in [5, 5.41) is 13.0. The Morgan fingerprint density at radius 2 is 1.96 bits per heavy atom. The van der Waals surface area contributed by atoms with Gasteiger partial charge in [-0.1, -0.05) is 75.1 Å². The van der Waals surface area contributed by atoms with E-state index < -0.39 is 0 Å². The SMILES string of the molecule is CCC(C)(C)c1cc(-c2ccccc2/C=C2/SC(=S)NC2=O)ccc1O. The number of phenolic OH excluding ortho intramolecular Hbond substituents is 1. The highest BCUT2D eigenvalue weighted by Crippen LogP contribution is 2.38.